The van der Waals surface area contributed by atoms with E-state index in [1.807, 2.05) is 29.2 Å². The third kappa shape index (κ3) is 5.14. The number of rotatable bonds is 6. The summed E-state index contributed by atoms with van der Waals surface area (Å²) in [7, 11) is 0. The topological polar surface area (TPSA) is 61.4 Å². The van der Waals surface area contributed by atoms with Crippen molar-refractivity contribution < 1.29 is 4.79 Å². The van der Waals surface area contributed by atoms with E-state index < -0.39 is 0 Å². The van der Waals surface area contributed by atoms with Crippen molar-refractivity contribution in [3.05, 3.63) is 53.3 Å². The second-order valence-electron chi connectivity index (χ2n) is 5.97. The van der Waals surface area contributed by atoms with Gasteiger partial charge in [0.1, 0.15) is 0 Å². The Labute approximate surface area is 152 Å². The fourth-order valence-electron chi connectivity index (χ4n) is 2.80. The van der Waals surface area contributed by atoms with Crippen molar-refractivity contribution in [3.63, 3.8) is 0 Å². The number of piperazine rings is 1. The van der Waals surface area contributed by atoms with Crippen molar-refractivity contribution >= 4 is 23.5 Å². The Morgan fingerprint density at radius 3 is 2.44 bits per heavy atom. The van der Waals surface area contributed by atoms with Crippen molar-refractivity contribution in [1.29, 1.82) is 0 Å². The first-order valence-corrected chi connectivity index (χ1v) is 8.85. The Bertz CT molecular complexity index is 672. The summed E-state index contributed by atoms with van der Waals surface area (Å²) in [4.78, 5) is 24.8. The van der Waals surface area contributed by atoms with E-state index in [9.17, 15) is 4.79 Å². The molecule has 0 unspecified atom stereocenters. The fourth-order valence-corrected chi connectivity index (χ4v) is 2.93. The van der Waals surface area contributed by atoms with E-state index in [1.165, 1.54) is 5.56 Å². The first-order valence-electron chi connectivity index (χ1n) is 8.47. The van der Waals surface area contributed by atoms with Crippen molar-refractivity contribution in [2.24, 2.45) is 0 Å². The van der Waals surface area contributed by atoms with Crippen LogP contribution >= 0.6 is 11.6 Å². The highest BCUT2D eigenvalue weighted by Crippen LogP contribution is 2.10. The lowest BCUT2D eigenvalue weighted by Crippen LogP contribution is -2.51. The van der Waals surface area contributed by atoms with E-state index in [1.54, 1.807) is 18.5 Å². The first kappa shape index (κ1) is 17.6. The highest BCUT2D eigenvalue weighted by Gasteiger charge is 2.21. The Hall–Kier alpha value is -2.18. The molecule has 0 spiro atoms. The van der Waals surface area contributed by atoms with Crippen LogP contribution in [-0.4, -0.2) is 60.0 Å². The van der Waals surface area contributed by atoms with Gasteiger partial charge in [0.25, 0.3) is 0 Å². The summed E-state index contributed by atoms with van der Waals surface area (Å²) >= 11 is 5.87. The molecule has 1 aromatic heterocycles. The molecule has 3 rings (SSSR count). The van der Waals surface area contributed by atoms with Gasteiger partial charge < -0.3 is 15.1 Å². The predicted molar refractivity (Wildman–Crippen MR) is 98.9 cm³/mol. The van der Waals surface area contributed by atoms with Gasteiger partial charge in [-0.3, -0.25) is 4.79 Å². The van der Waals surface area contributed by atoms with Crippen LogP contribution in [0.2, 0.25) is 5.02 Å². The molecule has 0 atom stereocenters. The van der Waals surface area contributed by atoms with Gasteiger partial charge in [0.2, 0.25) is 11.9 Å². The zero-order valence-electron chi connectivity index (χ0n) is 14.1. The quantitative estimate of drug-likeness (QED) is 0.794. The van der Waals surface area contributed by atoms with Gasteiger partial charge in [-0.05, 0) is 36.7 Å². The molecule has 1 amide bonds. The number of halogens is 1. The minimum absolute atomic E-state index is 0.143. The molecule has 1 N–H and O–H groups in total. The molecular formula is C18H22ClN5O. The van der Waals surface area contributed by atoms with Gasteiger partial charge in [-0.2, -0.15) is 0 Å². The molecule has 2 aromatic rings. The largest absolute Gasteiger partial charge is 0.338 e. The highest BCUT2D eigenvalue weighted by atomic mass is 35.5. The number of nitrogens with zero attached hydrogens (tertiary/aromatic N) is 4. The molecule has 0 aliphatic carbocycles. The smallest absolute Gasteiger partial charge is 0.236 e. The molecule has 0 bridgehead atoms. The minimum atomic E-state index is 0.143. The maximum absolute atomic E-state index is 12.3. The number of anilines is 1. The summed E-state index contributed by atoms with van der Waals surface area (Å²) in [5.74, 6) is 0.875. The number of nitrogens with one attached hydrogen (secondary N) is 1. The number of aromatic nitrogens is 2. The molecule has 2 heterocycles. The lowest BCUT2D eigenvalue weighted by atomic mass is 10.1. The van der Waals surface area contributed by atoms with Gasteiger partial charge in [0, 0.05) is 43.6 Å². The molecule has 6 nitrogen and oxygen atoms in total. The van der Waals surface area contributed by atoms with Crippen LogP contribution in [0.5, 0.6) is 0 Å². The summed E-state index contributed by atoms with van der Waals surface area (Å²) in [5, 5.41) is 3.97. The average molecular weight is 360 g/mol. The van der Waals surface area contributed by atoms with E-state index in [0.29, 0.717) is 19.6 Å². The molecule has 1 aliphatic rings. The van der Waals surface area contributed by atoms with Crippen molar-refractivity contribution in [2.45, 2.75) is 6.42 Å². The summed E-state index contributed by atoms with van der Waals surface area (Å²) in [6.45, 7) is 4.08. The molecule has 1 aliphatic heterocycles. The van der Waals surface area contributed by atoms with Crippen LogP contribution < -0.4 is 10.2 Å². The average Bonchev–Trinajstić information content (AvgIpc) is 2.67. The van der Waals surface area contributed by atoms with Crippen LogP contribution in [0.25, 0.3) is 0 Å². The van der Waals surface area contributed by atoms with Crippen LogP contribution in [0.1, 0.15) is 5.56 Å². The maximum Gasteiger partial charge on any atom is 0.236 e. The number of hydrogen-bond donors (Lipinski definition) is 1. The van der Waals surface area contributed by atoms with E-state index >= 15 is 0 Å². The Kier molecular flexibility index (Phi) is 6.19. The van der Waals surface area contributed by atoms with Crippen LogP contribution in [0.3, 0.4) is 0 Å². The molecule has 1 saturated heterocycles. The lowest BCUT2D eigenvalue weighted by Gasteiger charge is -2.34. The van der Waals surface area contributed by atoms with Crippen LogP contribution in [0.4, 0.5) is 5.95 Å². The summed E-state index contributed by atoms with van der Waals surface area (Å²) in [5.41, 5.74) is 1.21. The molecule has 25 heavy (non-hydrogen) atoms. The molecule has 0 saturated carbocycles. The molecule has 7 heteroatoms. The van der Waals surface area contributed by atoms with Crippen LogP contribution in [0.15, 0.2) is 42.7 Å². The van der Waals surface area contributed by atoms with Gasteiger partial charge in [0.15, 0.2) is 0 Å². The van der Waals surface area contributed by atoms with Crippen molar-refractivity contribution in [1.82, 2.24) is 20.2 Å². The Morgan fingerprint density at radius 2 is 1.76 bits per heavy atom. The predicted octanol–water partition coefficient (Wildman–Crippen LogP) is 1.61. The van der Waals surface area contributed by atoms with E-state index in [-0.39, 0.29) is 5.91 Å². The molecule has 1 fully saturated rings. The molecule has 132 valence electrons. The van der Waals surface area contributed by atoms with Gasteiger partial charge >= 0.3 is 0 Å². The third-order valence-electron chi connectivity index (χ3n) is 4.25. The number of carbonyl (C=O) groups excluding carboxylic acids is 1. The Morgan fingerprint density at radius 1 is 1.08 bits per heavy atom. The standard InChI is InChI=1S/C18H22ClN5O/c19-16-4-2-15(3-5-16)6-9-20-14-17(25)23-10-12-24(13-11-23)18-21-7-1-8-22-18/h1-5,7-8,20H,6,9-14H2. The fraction of sp³-hybridized carbons (Fsp3) is 0.389. The molecular weight excluding hydrogens is 338 g/mol. The lowest BCUT2D eigenvalue weighted by molar-refractivity contribution is -0.130. The van der Waals surface area contributed by atoms with Gasteiger partial charge in [0.05, 0.1) is 6.54 Å². The van der Waals surface area contributed by atoms with Gasteiger partial charge in [-0.1, -0.05) is 23.7 Å². The SMILES string of the molecule is O=C(CNCCc1ccc(Cl)cc1)N1CCN(c2ncccn2)CC1. The number of hydrogen-bond acceptors (Lipinski definition) is 5. The van der Waals surface area contributed by atoms with Crippen LogP contribution in [0, 0.1) is 0 Å². The maximum atomic E-state index is 12.3. The summed E-state index contributed by atoms with van der Waals surface area (Å²) in [6.07, 6.45) is 4.36. The van der Waals surface area contributed by atoms with Gasteiger partial charge in [-0.15, -0.1) is 0 Å². The number of benzene rings is 1. The normalized spacial score (nSPS) is 14.6. The van der Waals surface area contributed by atoms with Crippen molar-refractivity contribution in [3.8, 4) is 0 Å². The van der Waals surface area contributed by atoms with Crippen LogP contribution in [-0.2, 0) is 11.2 Å². The summed E-state index contributed by atoms with van der Waals surface area (Å²) in [6, 6.07) is 9.60. The van der Waals surface area contributed by atoms with E-state index in [4.69, 9.17) is 11.6 Å². The molecule has 0 radical (unpaired) electrons. The zero-order chi connectivity index (χ0) is 17.5. The zero-order valence-corrected chi connectivity index (χ0v) is 14.8. The second kappa shape index (κ2) is 8.78. The van der Waals surface area contributed by atoms with E-state index in [2.05, 4.69) is 20.2 Å². The molecule has 1 aromatic carbocycles. The first-order chi connectivity index (χ1) is 12.2. The minimum Gasteiger partial charge on any atom is -0.338 e. The highest BCUT2D eigenvalue weighted by molar-refractivity contribution is 6.30. The monoisotopic (exact) mass is 359 g/mol. The second-order valence-corrected chi connectivity index (χ2v) is 6.41. The number of amides is 1. The number of carbonyl (C=O) groups is 1. The third-order valence-corrected chi connectivity index (χ3v) is 4.50. The Balaban J connectivity index is 1.36. The van der Waals surface area contributed by atoms with E-state index in [0.717, 1.165) is 37.0 Å². The summed E-state index contributed by atoms with van der Waals surface area (Å²) < 4.78 is 0. The van der Waals surface area contributed by atoms with Crippen molar-refractivity contribution in [2.75, 3.05) is 44.2 Å². The van der Waals surface area contributed by atoms with Gasteiger partial charge in [-0.25, -0.2) is 9.97 Å².